The van der Waals surface area contributed by atoms with Crippen molar-refractivity contribution in [2.75, 3.05) is 0 Å². The lowest BCUT2D eigenvalue weighted by Crippen LogP contribution is -2.41. The highest BCUT2D eigenvalue weighted by molar-refractivity contribution is 5.86. The molecule has 0 N–H and O–H groups in total. The maximum Gasteiger partial charge on any atom is 0.140 e. The fourth-order valence-electron chi connectivity index (χ4n) is 4.93. The Morgan fingerprint density at radius 1 is 1.00 bits per heavy atom. The minimum Gasteiger partial charge on any atom is -0.299 e. The van der Waals surface area contributed by atoms with Gasteiger partial charge < -0.3 is 0 Å². The number of hydrogen-bond acceptors (Lipinski definition) is 2. The summed E-state index contributed by atoms with van der Waals surface area (Å²) in [6.07, 6.45) is 5.07. The van der Waals surface area contributed by atoms with Crippen molar-refractivity contribution in [2.24, 2.45) is 5.41 Å². The van der Waals surface area contributed by atoms with Crippen LogP contribution in [0.25, 0.3) is 0 Å². The Hall–Kier alpha value is -1.93. The average molecular weight is 333 g/mol. The second-order valence-corrected chi connectivity index (χ2v) is 7.89. The summed E-state index contributed by atoms with van der Waals surface area (Å²) < 4.78 is 0. The van der Waals surface area contributed by atoms with Crippen molar-refractivity contribution in [1.29, 1.82) is 0 Å². The van der Waals surface area contributed by atoms with Gasteiger partial charge in [0.15, 0.2) is 0 Å². The van der Waals surface area contributed by atoms with E-state index < -0.39 is 0 Å². The first-order valence-electron chi connectivity index (χ1n) is 9.56. The Morgan fingerprint density at radius 3 is 2.40 bits per heavy atom. The van der Waals surface area contributed by atoms with E-state index in [2.05, 4.69) is 72.5 Å². The monoisotopic (exact) mass is 333 g/mol. The Bertz CT molecular complexity index is 726. The molecular weight excluding hydrogens is 306 g/mol. The van der Waals surface area contributed by atoms with E-state index in [9.17, 15) is 4.79 Å². The predicted octanol–water partition coefficient (Wildman–Crippen LogP) is 5.15. The molecule has 3 atom stereocenters. The van der Waals surface area contributed by atoms with Gasteiger partial charge in [0.05, 0.1) is 0 Å². The number of carbonyl (C=O) groups is 1. The van der Waals surface area contributed by atoms with E-state index in [1.54, 1.807) is 0 Å². The summed E-state index contributed by atoms with van der Waals surface area (Å²) >= 11 is 0. The summed E-state index contributed by atoms with van der Waals surface area (Å²) in [6.45, 7) is 3.15. The molecule has 1 saturated carbocycles. The number of ketones is 1. The normalized spacial score (nSPS) is 30.0. The molecule has 1 heterocycles. The lowest BCUT2D eigenvalue weighted by Gasteiger charge is -2.34. The molecule has 4 rings (SSSR count). The summed E-state index contributed by atoms with van der Waals surface area (Å²) in [6, 6.07) is 22.2. The zero-order valence-electron chi connectivity index (χ0n) is 15.0. The number of carbonyl (C=O) groups excluding carboxylic acids is 1. The highest BCUT2D eigenvalue weighted by atomic mass is 16.1. The van der Waals surface area contributed by atoms with E-state index in [0.29, 0.717) is 17.9 Å². The maximum absolute atomic E-state index is 13.0. The maximum atomic E-state index is 13.0. The highest BCUT2D eigenvalue weighted by Crippen LogP contribution is 2.52. The van der Waals surface area contributed by atoms with Crippen molar-refractivity contribution in [3.8, 4) is 0 Å². The van der Waals surface area contributed by atoms with Crippen molar-refractivity contribution in [1.82, 2.24) is 4.90 Å². The van der Waals surface area contributed by atoms with Crippen molar-refractivity contribution in [3.63, 3.8) is 0 Å². The van der Waals surface area contributed by atoms with E-state index in [1.807, 2.05) is 0 Å². The number of benzene rings is 2. The predicted molar refractivity (Wildman–Crippen MR) is 101 cm³/mol. The van der Waals surface area contributed by atoms with E-state index in [1.165, 1.54) is 17.5 Å². The molecule has 0 amide bonds. The van der Waals surface area contributed by atoms with Gasteiger partial charge in [0, 0.05) is 30.5 Å². The molecule has 25 heavy (non-hydrogen) atoms. The van der Waals surface area contributed by atoms with Gasteiger partial charge in [-0.05, 0) is 30.4 Å². The van der Waals surface area contributed by atoms with Crippen LogP contribution in [-0.4, -0.2) is 16.7 Å². The number of likely N-dealkylation sites (tertiary alicyclic amines) is 1. The average Bonchev–Trinajstić information content (AvgIpc) is 2.84. The van der Waals surface area contributed by atoms with Gasteiger partial charge in [-0.3, -0.25) is 9.69 Å². The summed E-state index contributed by atoms with van der Waals surface area (Å²) in [5.74, 6) is 0.478. The molecule has 130 valence electrons. The fourth-order valence-corrected chi connectivity index (χ4v) is 4.93. The first-order chi connectivity index (χ1) is 12.2. The minimum absolute atomic E-state index is 0.203. The highest BCUT2D eigenvalue weighted by Gasteiger charge is 2.53. The van der Waals surface area contributed by atoms with Crippen molar-refractivity contribution >= 4 is 5.78 Å². The molecule has 1 saturated heterocycles. The van der Waals surface area contributed by atoms with Gasteiger partial charge >= 0.3 is 0 Å². The third kappa shape index (κ3) is 3.04. The summed E-state index contributed by atoms with van der Waals surface area (Å²) in [7, 11) is 0. The number of hydrogen-bond donors (Lipinski definition) is 0. The fraction of sp³-hybridized carbons (Fsp3) is 0.435. The minimum atomic E-state index is -0.203. The zero-order valence-corrected chi connectivity index (χ0v) is 15.0. The molecule has 2 aromatic carbocycles. The lowest BCUT2D eigenvalue weighted by atomic mass is 9.76. The molecule has 0 aromatic heterocycles. The lowest BCUT2D eigenvalue weighted by molar-refractivity contribution is -0.128. The molecular formula is C23H27NO. The van der Waals surface area contributed by atoms with Crippen LogP contribution in [0.1, 0.15) is 56.2 Å². The molecule has 0 bridgehead atoms. The Balaban J connectivity index is 1.73. The molecule has 1 aliphatic heterocycles. The SMILES string of the molecule is C[C@]12C[C@@H](c3ccccc3)N(Cc3ccccc3)[C@H]1CCCCC2=O. The van der Waals surface area contributed by atoms with Crippen LogP contribution in [0.3, 0.4) is 0 Å². The second-order valence-electron chi connectivity index (χ2n) is 7.89. The van der Waals surface area contributed by atoms with Crippen LogP contribution in [0.5, 0.6) is 0 Å². The Morgan fingerprint density at radius 2 is 1.68 bits per heavy atom. The van der Waals surface area contributed by atoms with Gasteiger partial charge in [-0.15, -0.1) is 0 Å². The van der Waals surface area contributed by atoms with Gasteiger partial charge in [-0.2, -0.15) is 0 Å². The molecule has 2 aliphatic rings. The molecule has 2 nitrogen and oxygen atoms in total. The molecule has 1 aliphatic carbocycles. The molecule has 2 heteroatoms. The van der Waals surface area contributed by atoms with E-state index in [-0.39, 0.29) is 5.41 Å². The summed E-state index contributed by atoms with van der Waals surface area (Å²) in [4.78, 5) is 15.6. The van der Waals surface area contributed by atoms with E-state index >= 15 is 0 Å². The largest absolute Gasteiger partial charge is 0.299 e. The summed E-state index contributed by atoms with van der Waals surface area (Å²) in [5, 5.41) is 0. The third-order valence-electron chi connectivity index (χ3n) is 6.31. The number of nitrogens with zero attached hydrogens (tertiary/aromatic N) is 1. The van der Waals surface area contributed by atoms with Crippen LogP contribution >= 0.6 is 0 Å². The Kier molecular flexibility index (Phi) is 4.47. The zero-order chi connectivity index (χ0) is 17.3. The van der Waals surface area contributed by atoms with Crippen LogP contribution in [0.2, 0.25) is 0 Å². The van der Waals surface area contributed by atoms with Gasteiger partial charge in [0.25, 0.3) is 0 Å². The topological polar surface area (TPSA) is 20.3 Å². The Labute approximate surface area is 150 Å². The van der Waals surface area contributed by atoms with E-state index in [4.69, 9.17) is 0 Å². The van der Waals surface area contributed by atoms with Gasteiger partial charge in [0.2, 0.25) is 0 Å². The van der Waals surface area contributed by atoms with Crippen LogP contribution in [-0.2, 0) is 11.3 Å². The van der Waals surface area contributed by atoms with Gasteiger partial charge in [0.1, 0.15) is 5.78 Å². The van der Waals surface area contributed by atoms with Gasteiger partial charge in [-0.1, -0.05) is 74.0 Å². The van der Waals surface area contributed by atoms with Crippen LogP contribution in [0.15, 0.2) is 60.7 Å². The van der Waals surface area contributed by atoms with Crippen LogP contribution in [0, 0.1) is 5.41 Å². The van der Waals surface area contributed by atoms with Crippen LogP contribution < -0.4 is 0 Å². The summed E-state index contributed by atoms with van der Waals surface area (Å²) in [5.41, 5.74) is 2.48. The molecule has 2 fully saturated rings. The standard InChI is InChI=1S/C23H27NO/c1-23-16-20(19-12-6-3-7-13-19)24(17-18-10-4-2-5-11-18)21(23)14-8-9-15-22(23)25/h2-7,10-13,20-21H,8-9,14-17H2,1H3/t20-,21-,23-/m0/s1. The van der Waals surface area contributed by atoms with Crippen LogP contribution in [0.4, 0.5) is 0 Å². The van der Waals surface area contributed by atoms with Crippen molar-refractivity contribution in [2.45, 2.75) is 57.7 Å². The number of fused-ring (bicyclic) bond motifs is 1. The van der Waals surface area contributed by atoms with E-state index in [0.717, 1.165) is 32.2 Å². The van der Waals surface area contributed by atoms with Crippen molar-refractivity contribution in [3.05, 3.63) is 71.8 Å². The molecule has 0 spiro atoms. The molecule has 0 unspecified atom stereocenters. The number of Topliss-reactive ketones (excluding diaryl/α,β-unsaturated/α-hetero) is 1. The molecule has 2 aromatic rings. The number of rotatable bonds is 3. The third-order valence-corrected chi connectivity index (χ3v) is 6.31. The molecule has 0 radical (unpaired) electrons. The first kappa shape index (κ1) is 16.5. The quantitative estimate of drug-likeness (QED) is 0.774. The smallest absolute Gasteiger partial charge is 0.140 e. The van der Waals surface area contributed by atoms with Gasteiger partial charge in [-0.25, -0.2) is 0 Å². The van der Waals surface area contributed by atoms with Crippen molar-refractivity contribution < 1.29 is 4.79 Å². The first-order valence-corrected chi connectivity index (χ1v) is 9.56. The second kappa shape index (κ2) is 6.76.